The Balaban J connectivity index is 4.22. The highest BCUT2D eigenvalue weighted by Gasteiger charge is 2.19. The van der Waals surface area contributed by atoms with Crippen LogP contribution in [0.15, 0.2) is 0 Å². The van der Waals surface area contributed by atoms with Crippen LogP contribution in [0, 0.1) is 11.8 Å². The largest absolute Gasteiger partial charge is 0.462 e. The molecule has 1 unspecified atom stereocenters. The lowest BCUT2D eigenvalue weighted by Crippen LogP contribution is -2.30. The summed E-state index contributed by atoms with van der Waals surface area (Å²) in [5.41, 5.74) is 0. The molecule has 0 saturated carbocycles. The molecule has 0 radical (unpaired) electrons. The molecule has 2 atom stereocenters. The van der Waals surface area contributed by atoms with E-state index in [2.05, 4.69) is 34.6 Å². The second-order valence-corrected chi connectivity index (χ2v) is 20.3. The topological polar surface area (TPSA) is 78.9 Å². The van der Waals surface area contributed by atoms with E-state index in [4.69, 9.17) is 14.2 Å². The summed E-state index contributed by atoms with van der Waals surface area (Å²) in [6.07, 6.45) is 52.3. The molecule has 0 aliphatic carbocycles. The third-order valence-corrected chi connectivity index (χ3v) is 13.3. The Kier molecular flexibility index (Phi) is 48.6. The summed E-state index contributed by atoms with van der Waals surface area (Å²) in [7, 11) is 0. The van der Waals surface area contributed by atoms with E-state index < -0.39 is 6.10 Å². The van der Waals surface area contributed by atoms with Gasteiger partial charge in [0, 0.05) is 19.3 Å². The van der Waals surface area contributed by atoms with Crippen LogP contribution in [-0.4, -0.2) is 37.2 Å². The van der Waals surface area contributed by atoms with E-state index >= 15 is 0 Å². The molecule has 0 aliphatic heterocycles. The van der Waals surface area contributed by atoms with Crippen molar-refractivity contribution < 1.29 is 28.6 Å². The van der Waals surface area contributed by atoms with Gasteiger partial charge in [-0.3, -0.25) is 14.4 Å². The summed E-state index contributed by atoms with van der Waals surface area (Å²) in [5, 5.41) is 0. The Hall–Kier alpha value is -1.59. The minimum atomic E-state index is -0.762. The van der Waals surface area contributed by atoms with Gasteiger partial charge in [-0.2, -0.15) is 0 Å². The lowest BCUT2D eigenvalue weighted by atomic mass is 9.99. The summed E-state index contributed by atoms with van der Waals surface area (Å²) < 4.78 is 16.8. The van der Waals surface area contributed by atoms with E-state index in [0.717, 1.165) is 69.6 Å². The third kappa shape index (κ3) is 49.7. The van der Waals surface area contributed by atoms with E-state index in [1.165, 1.54) is 205 Å². The summed E-state index contributed by atoms with van der Waals surface area (Å²) in [5.74, 6) is 0.860. The summed E-state index contributed by atoms with van der Waals surface area (Å²) in [4.78, 5) is 38.0. The van der Waals surface area contributed by atoms with E-state index in [1.807, 2.05) is 0 Å². The maximum absolute atomic E-state index is 12.8. The van der Waals surface area contributed by atoms with Crippen molar-refractivity contribution in [1.29, 1.82) is 0 Å². The predicted octanol–water partition coefficient (Wildman–Crippen LogP) is 18.5. The van der Waals surface area contributed by atoms with Crippen LogP contribution < -0.4 is 0 Å². The number of hydrogen-bond donors (Lipinski definition) is 0. The van der Waals surface area contributed by atoms with Crippen molar-refractivity contribution in [3.63, 3.8) is 0 Å². The number of ether oxygens (including phenoxy) is 3. The Morgan fingerprint density at radius 3 is 0.905 bits per heavy atom. The van der Waals surface area contributed by atoms with Gasteiger partial charge in [-0.05, 0) is 31.1 Å². The number of unbranched alkanes of at least 4 members (excludes halogenated alkanes) is 35. The minimum absolute atomic E-state index is 0.0633. The molecule has 6 nitrogen and oxygen atoms in total. The van der Waals surface area contributed by atoms with E-state index in [0.29, 0.717) is 19.3 Å². The van der Waals surface area contributed by atoms with Crippen molar-refractivity contribution in [2.75, 3.05) is 13.2 Å². The fraction of sp³-hybridized carbons (Fsp3) is 0.947. The van der Waals surface area contributed by atoms with Crippen molar-refractivity contribution in [2.45, 2.75) is 323 Å². The molecule has 0 aromatic heterocycles. The van der Waals surface area contributed by atoms with Crippen molar-refractivity contribution >= 4 is 17.9 Å². The van der Waals surface area contributed by atoms with Gasteiger partial charge in [0.2, 0.25) is 0 Å². The molecule has 0 aromatic carbocycles. The van der Waals surface area contributed by atoms with Gasteiger partial charge >= 0.3 is 17.9 Å². The first-order valence-corrected chi connectivity index (χ1v) is 28.3. The lowest BCUT2D eigenvalue weighted by Gasteiger charge is -2.18. The molecular weight excluding hydrogens is 781 g/mol. The molecule has 0 aliphatic rings. The zero-order valence-corrected chi connectivity index (χ0v) is 43.2. The lowest BCUT2D eigenvalue weighted by molar-refractivity contribution is -0.167. The second kappa shape index (κ2) is 49.8. The number of rotatable bonds is 51. The van der Waals surface area contributed by atoms with Gasteiger partial charge in [0.25, 0.3) is 0 Å². The first-order chi connectivity index (χ1) is 30.8. The zero-order chi connectivity index (χ0) is 46.1. The van der Waals surface area contributed by atoms with Crippen molar-refractivity contribution in [3.8, 4) is 0 Å². The highest BCUT2D eigenvalue weighted by Crippen LogP contribution is 2.18. The zero-order valence-electron chi connectivity index (χ0n) is 43.2. The van der Waals surface area contributed by atoms with Gasteiger partial charge in [-0.25, -0.2) is 0 Å². The van der Waals surface area contributed by atoms with Crippen LogP contribution in [0.25, 0.3) is 0 Å². The first kappa shape index (κ1) is 61.4. The number of carbonyl (C=O) groups excluding carboxylic acids is 3. The van der Waals surface area contributed by atoms with Gasteiger partial charge in [0.1, 0.15) is 13.2 Å². The van der Waals surface area contributed by atoms with Gasteiger partial charge < -0.3 is 14.2 Å². The Morgan fingerprint density at radius 2 is 0.603 bits per heavy atom. The highest BCUT2D eigenvalue weighted by atomic mass is 16.6. The van der Waals surface area contributed by atoms with Crippen molar-refractivity contribution in [2.24, 2.45) is 11.8 Å². The molecule has 0 aromatic rings. The average Bonchev–Trinajstić information content (AvgIpc) is 3.27. The smallest absolute Gasteiger partial charge is 0.306 e. The summed E-state index contributed by atoms with van der Waals surface area (Å²) >= 11 is 0. The minimum Gasteiger partial charge on any atom is -0.462 e. The standard InChI is InChI=1S/C57H110O6/c1-6-8-9-10-11-12-13-23-26-32-37-42-47-55(58)61-50-54(63-57(60)49-44-39-34-29-28-31-36-41-46-53(5)7-2)51-62-56(59)48-43-38-33-27-24-21-19-17-15-14-16-18-20-22-25-30-35-40-45-52(3)4/h52-54H,6-51H2,1-5H3/t53?,54-/m1/s1. The molecule has 0 fully saturated rings. The average molecular weight is 892 g/mol. The molecule has 0 saturated heterocycles. The fourth-order valence-corrected chi connectivity index (χ4v) is 8.66. The predicted molar refractivity (Wildman–Crippen MR) is 270 cm³/mol. The van der Waals surface area contributed by atoms with Crippen LogP contribution in [0.2, 0.25) is 0 Å². The fourth-order valence-electron chi connectivity index (χ4n) is 8.66. The van der Waals surface area contributed by atoms with Crippen LogP contribution in [0.1, 0.15) is 317 Å². The molecule has 0 heterocycles. The number of esters is 3. The molecule has 0 bridgehead atoms. The maximum atomic E-state index is 12.8. The second-order valence-electron chi connectivity index (χ2n) is 20.3. The molecule has 0 amide bonds. The molecular formula is C57H110O6. The molecule has 6 heteroatoms. The van der Waals surface area contributed by atoms with Crippen LogP contribution in [0.5, 0.6) is 0 Å². The van der Waals surface area contributed by atoms with E-state index in [-0.39, 0.29) is 31.1 Å². The Labute approximate surface area is 393 Å². The van der Waals surface area contributed by atoms with Crippen LogP contribution in [0.3, 0.4) is 0 Å². The van der Waals surface area contributed by atoms with Crippen LogP contribution in [0.4, 0.5) is 0 Å². The highest BCUT2D eigenvalue weighted by molar-refractivity contribution is 5.71. The molecule has 0 spiro atoms. The Morgan fingerprint density at radius 1 is 0.333 bits per heavy atom. The first-order valence-electron chi connectivity index (χ1n) is 28.3. The molecule has 63 heavy (non-hydrogen) atoms. The Bertz CT molecular complexity index is 964. The van der Waals surface area contributed by atoms with Crippen molar-refractivity contribution in [1.82, 2.24) is 0 Å². The number of hydrogen-bond acceptors (Lipinski definition) is 6. The summed E-state index contributed by atoms with van der Waals surface area (Å²) in [6.45, 7) is 11.4. The van der Waals surface area contributed by atoms with Gasteiger partial charge in [-0.1, -0.05) is 279 Å². The van der Waals surface area contributed by atoms with Crippen molar-refractivity contribution in [3.05, 3.63) is 0 Å². The van der Waals surface area contributed by atoms with Crippen LogP contribution in [-0.2, 0) is 28.6 Å². The quantitative estimate of drug-likeness (QED) is 0.0344. The normalized spacial score (nSPS) is 12.5. The summed E-state index contributed by atoms with van der Waals surface area (Å²) in [6, 6.07) is 0. The van der Waals surface area contributed by atoms with Gasteiger partial charge in [-0.15, -0.1) is 0 Å². The van der Waals surface area contributed by atoms with E-state index in [9.17, 15) is 14.4 Å². The monoisotopic (exact) mass is 891 g/mol. The van der Waals surface area contributed by atoms with Crippen LogP contribution >= 0.6 is 0 Å². The van der Waals surface area contributed by atoms with Gasteiger partial charge in [0.15, 0.2) is 6.10 Å². The number of carbonyl (C=O) groups is 3. The third-order valence-electron chi connectivity index (χ3n) is 13.3. The maximum Gasteiger partial charge on any atom is 0.306 e. The van der Waals surface area contributed by atoms with Gasteiger partial charge in [0.05, 0.1) is 0 Å². The SMILES string of the molecule is CCCCCCCCCCCCCCC(=O)OC[C@H](COC(=O)CCCCCCCCCCCCCCCCCCCCC(C)C)OC(=O)CCCCCCCCCCC(C)CC. The molecule has 0 N–H and O–H groups in total. The molecule has 374 valence electrons. The van der Waals surface area contributed by atoms with E-state index in [1.54, 1.807) is 0 Å². The molecule has 0 rings (SSSR count).